The van der Waals surface area contributed by atoms with E-state index >= 15 is 0 Å². The van der Waals surface area contributed by atoms with Crippen LogP contribution < -0.4 is 0 Å². The third-order valence-corrected chi connectivity index (χ3v) is 6.90. The van der Waals surface area contributed by atoms with Crippen molar-refractivity contribution in [2.75, 3.05) is 12.3 Å². The second-order valence-electron chi connectivity index (χ2n) is 6.59. The number of piperidine rings is 1. The number of carboxylic acid groups (broad SMARTS) is 1. The molecule has 20 heavy (non-hydrogen) atoms. The summed E-state index contributed by atoms with van der Waals surface area (Å²) in [5.74, 6) is -0.911. The Labute approximate surface area is 121 Å². The van der Waals surface area contributed by atoms with Gasteiger partial charge in [-0.2, -0.15) is 4.31 Å². The minimum atomic E-state index is -3.48. The number of aliphatic carboxylic acids is 1. The van der Waals surface area contributed by atoms with E-state index in [1.807, 2.05) is 6.92 Å². The number of hydrogen-bond donors (Lipinski definition) is 1. The van der Waals surface area contributed by atoms with Gasteiger partial charge in [-0.1, -0.05) is 26.2 Å². The molecule has 0 spiro atoms. The van der Waals surface area contributed by atoms with E-state index in [0.717, 1.165) is 38.5 Å². The lowest BCUT2D eigenvalue weighted by Gasteiger charge is -2.38. The number of carbonyl (C=O) groups is 1. The van der Waals surface area contributed by atoms with Crippen LogP contribution in [-0.4, -0.2) is 42.1 Å². The Morgan fingerprint density at radius 2 is 1.85 bits per heavy atom. The Bertz CT molecular complexity index is 454. The molecule has 1 atom stereocenters. The molecule has 1 N–H and O–H groups in total. The average molecular weight is 303 g/mol. The van der Waals surface area contributed by atoms with Crippen molar-refractivity contribution in [2.24, 2.45) is 5.41 Å². The van der Waals surface area contributed by atoms with Gasteiger partial charge in [0.25, 0.3) is 0 Å². The number of rotatable bonds is 4. The SMILES string of the molecule is CC1(CS(=O)(=O)N2CCCCC2C(=O)O)CCCCC1. The molecule has 5 nitrogen and oxygen atoms in total. The van der Waals surface area contributed by atoms with E-state index in [0.29, 0.717) is 13.0 Å². The molecule has 1 saturated heterocycles. The Hall–Kier alpha value is -0.620. The summed E-state index contributed by atoms with van der Waals surface area (Å²) in [5, 5.41) is 9.24. The van der Waals surface area contributed by atoms with Crippen LogP contribution in [0.5, 0.6) is 0 Å². The maximum Gasteiger partial charge on any atom is 0.322 e. The van der Waals surface area contributed by atoms with E-state index < -0.39 is 22.0 Å². The number of hydrogen-bond acceptors (Lipinski definition) is 3. The summed E-state index contributed by atoms with van der Waals surface area (Å²) in [6.45, 7) is 2.39. The summed E-state index contributed by atoms with van der Waals surface area (Å²) in [6.07, 6.45) is 7.18. The molecule has 1 aliphatic carbocycles. The molecular formula is C14H25NO4S. The first-order valence-corrected chi connectivity index (χ1v) is 9.17. The van der Waals surface area contributed by atoms with Gasteiger partial charge in [-0.05, 0) is 37.5 Å². The molecule has 0 radical (unpaired) electrons. The smallest absolute Gasteiger partial charge is 0.322 e. The largest absolute Gasteiger partial charge is 0.480 e. The zero-order chi connectivity index (χ0) is 14.8. The summed E-state index contributed by atoms with van der Waals surface area (Å²) in [6, 6.07) is -0.860. The predicted molar refractivity (Wildman–Crippen MR) is 77.0 cm³/mol. The van der Waals surface area contributed by atoms with Gasteiger partial charge in [0.05, 0.1) is 5.75 Å². The Morgan fingerprint density at radius 1 is 1.20 bits per heavy atom. The van der Waals surface area contributed by atoms with Crippen LogP contribution in [0.3, 0.4) is 0 Å². The van der Waals surface area contributed by atoms with Crippen LogP contribution in [0.1, 0.15) is 58.3 Å². The number of carboxylic acids is 1. The van der Waals surface area contributed by atoms with E-state index in [4.69, 9.17) is 0 Å². The predicted octanol–water partition coefficient (Wildman–Crippen LogP) is 2.23. The first-order valence-electron chi connectivity index (χ1n) is 7.56. The molecule has 1 unspecified atom stereocenters. The van der Waals surface area contributed by atoms with Gasteiger partial charge in [0, 0.05) is 6.54 Å². The zero-order valence-electron chi connectivity index (χ0n) is 12.2. The van der Waals surface area contributed by atoms with Crippen LogP contribution in [0.25, 0.3) is 0 Å². The maximum atomic E-state index is 12.6. The third-order valence-electron chi connectivity index (χ3n) is 4.69. The molecule has 0 bridgehead atoms. The van der Waals surface area contributed by atoms with E-state index in [1.165, 1.54) is 10.7 Å². The quantitative estimate of drug-likeness (QED) is 0.864. The standard InChI is InChI=1S/C14H25NO4S/c1-14(8-4-2-5-9-14)11-20(18,19)15-10-6-3-7-12(15)13(16)17/h12H,2-11H2,1H3,(H,16,17). The summed E-state index contributed by atoms with van der Waals surface area (Å²) >= 11 is 0. The van der Waals surface area contributed by atoms with E-state index in [1.54, 1.807) is 0 Å². The van der Waals surface area contributed by atoms with Crippen molar-refractivity contribution in [1.82, 2.24) is 4.31 Å². The fraction of sp³-hybridized carbons (Fsp3) is 0.929. The minimum Gasteiger partial charge on any atom is -0.480 e. The Morgan fingerprint density at radius 3 is 2.45 bits per heavy atom. The monoisotopic (exact) mass is 303 g/mol. The molecular weight excluding hydrogens is 278 g/mol. The molecule has 2 aliphatic rings. The third kappa shape index (κ3) is 3.52. The number of sulfonamides is 1. The highest BCUT2D eigenvalue weighted by Gasteiger charge is 2.41. The number of nitrogens with zero attached hydrogens (tertiary/aromatic N) is 1. The first kappa shape index (κ1) is 15.8. The zero-order valence-corrected chi connectivity index (χ0v) is 13.0. The fourth-order valence-corrected chi connectivity index (χ4v) is 5.88. The highest BCUT2D eigenvalue weighted by Crippen LogP contribution is 2.38. The Balaban J connectivity index is 2.13. The minimum absolute atomic E-state index is 0.101. The lowest BCUT2D eigenvalue weighted by atomic mass is 9.77. The molecule has 1 saturated carbocycles. The van der Waals surface area contributed by atoms with Crippen molar-refractivity contribution < 1.29 is 18.3 Å². The van der Waals surface area contributed by atoms with Crippen LogP contribution in [0.15, 0.2) is 0 Å². The molecule has 0 aromatic heterocycles. The van der Waals surface area contributed by atoms with Gasteiger partial charge in [-0.25, -0.2) is 8.42 Å². The molecule has 0 amide bonds. The van der Waals surface area contributed by atoms with Gasteiger partial charge < -0.3 is 5.11 Å². The highest BCUT2D eigenvalue weighted by atomic mass is 32.2. The van der Waals surface area contributed by atoms with Gasteiger partial charge in [0.1, 0.15) is 6.04 Å². The second kappa shape index (κ2) is 6.02. The van der Waals surface area contributed by atoms with Crippen molar-refractivity contribution in [3.8, 4) is 0 Å². The van der Waals surface area contributed by atoms with Crippen LogP contribution in [-0.2, 0) is 14.8 Å². The lowest BCUT2D eigenvalue weighted by Crippen LogP contribution is -2.50. The van der Waals surface area contributed by atoms with E-state index in [-0.39, 0.29) is 11.2 Å². The van der Waals surface area contributed by atoms with Crippen molar-refractivity contribution in [3.05, 3.63) is 0 Å². The van der Waals surface area contributed by atoms with Gasteiger partial charge in [0.2, 0.25) is 10.0 Å². The van der Waals surface area contributed by atoms with E-state index in [2.05, 4.69) is 0 Å². The van der Waals surface area contributed by atoms with Gasteiger partial charge >= 0.3 is 5.97 Å². The first-order chi connectivity index (χ1) is 9.34. The van der Waals surface area contributed by atoms with Crippen LogP contribution >= 0.6 is 0 Å². The summed E-state index contributed by atoms with van der Waals surface area (Å²) in [7, 11) is -3.48. The van der Waals surface area contributed by atoms with Crippen molar-refractivity contribution in [1.29, 1.82) is 0 Å². The molecule has 6 heteroatoms. The molecule has 1 aliphatic heterocycles. The van der Waals surface area contributed by atoms with E-state index in [9.17, 15) is 18.3 Å². The summed E-state index contributed by atoms with van der Waals surface area (Å²) in [4.78, 5) is 11.3. The summed E-state index contributed by atoms with van der Waals surface area (Å²) in [5.41, 5.74) is -0.183. The van der Waals surface area contributed by atoms with Crippen LogP contribution in [0, 0.1) is 5.41 Å². The average Bonchev–Trinajstić information content (AvgIpc) is 2.38. The van der Waals surface area contributed by atoms with Crippen molar-refractivity contribution >= 4 is 16.0 Å². The van der Waals surface area contributed by atoms with Crippen molar-refractivity contribution in [2.45, 2.75) is 64.3 Å². The Kier molecular flexibility index (Phi) is 4.74. The second-order valence-corrected chi connectivity index (χ2v) is 8.51. The highest BCUT2D eigenvalue weighted by molar-refractivity contribution is 7.89. The molecule has 116 valence electrons. The lowest BCUT2D eigenvalue weighted by molar-refractivity contribution is -0.142. The topological polar surface area (TPSA) is 74.7 Å². The van der Waals surface area contributed by atoms with Crippen LogP contribution in [0.4, 0.5) is 0 Å². The molecule has 2 rings (SSSR count). The summed E-state index contributed by atoms with van der Waals surface area (Å²) < 4.78 is 26.5. The maximum absolute atomic E-state index is 12.6. The molecule has 2 fully saturated rings. The van der Waals surface area contributed by atoms with Gasteiger partial charge in [-0.15, -0.1) is 0 Å². The van der Waals surface area contributed by atoms with Gasteiger partial charge in [0.15, 0.2) is 0 Å². The van der Waals surface area contributed by atoms with Gasteiger partial charge in [-0.3, -0.25) is 4.79 Å². The normalized spacial score (nSPS) is 28.1. The van der Waals surface area contributed by atoms with Crippen molar-refractivity contribution in [3.63, 3.8) is 0 Å². The molecule has 0 aromatic rings. The molecule has 0 aromatic carbocycles. The fourth-order valence-electron chi connectivity index (χ4n) is 3.56. The van der Waals surface area contributed by atoms with Crippen LogP contribution in [0.2, 0.25) is 0 Å². The molecule has 1 heterocycles.